The third kappa shape index (κ3) is 4.08. The summed E-state index contributed by atoms with van der Waals surface area (Å²) < 4.78 is 16.1. The molecule has 0 aromatic heterocycles. The minimum absolute atomic E-state index is 0.0739. The van der Waals surface area contributed by atoms with Gasteiger partial charge >= 0.3 is 0 Å². The number of nitrogens with two attached hydrogens (primary N) is 1. The molecule has 3 rings (SSSR count). The molecular weight excluding hydrogens is 358 g/mol. The highest BCUT2D eigenvalue weighted by atomic mass is 16.5. The van der Waals surface area contributed by atoms with E-state index in [2.05, 4.69) is 10.2 Å². The van der Waals surface area contributed by atoms with Gasteiger partial charge in [-0.15, -0.1) is 0 Å². The van der Waals surface area contributed by atoms with Crippen LogP contribution in [0, 0.1) is 0 Å². The van der Waals surface area contributed by atoms with Gasteiger partial charge in [0.25, 0.3) is 0 Å². The first-order valence-electron chi connectivity index (χ1n) is 9.25. The molecule has 0 saturated heterocycles. The van der Waals surface area contributed by atoms with Crippen molar-refractivity contribution in [3.8, 4) is 17.2 Å². The number of ether oxygens (including phenoxy) is 3. The van der Waals surface area contributed by atoms with Crippen LogP contribution in [-0.4, -0.2) is 40.3 Å². The zero-order chi connectivity index (χ0) is 20.1. The fraction of sp³-hybridized carbons (Fsp3) is 0.381. The molecular formula is C21H27N3O4. The second-order valence-corrected chi connectivity index (χ2v) is 6.66. The first kappa shape index (κ1) is 19.7. The minimum Gasteiger partial charge on any atom is -0.496 e. The fourth-order valence-corrected chi connectivity index (χ4v) is 3.56. The summed E-state index contributed by atoms with van der Waals surface area (Å²) >= 11 is 0. The second-order valence-electron chi connectivity index (χ2n) is 6.66. The number of nitrogens with zero attached hydrogens (tertiary/aromatic N) is 1. The van der Waals surface area contributed by atoms with Crippen LogP contribution < -0.4 is 30.2 Å². The van der Waals surface area contributed by atoms with E-state index in [-0.39, 0.29) is 12.5 Å². The van der Waals surface area contributed by atoms with Crippen molar-refractivity contribution in [2.75, 3.05) is 45.1 Å². The number of fused-ring (bicyclic) bond motifs is 1. The van der Waals surface area contributed by atoms with E-state index in [0.29, 0.717) is 23.8 Å². The van der Waals surface area contributed by atoms with Crippen molar-refractivity contribution in [3.63, 3.8) is 0 Å². The van der Waals surface area contributed by atoms with E-state index in [0.717, 1.165) is 41.9 Å². The lowest BCUT2D eigenvalue weighted by molar-refractivity contribution is -0.119. The van der Waals surface area contributed by atoms with Gasteiger partial charge in [-0.05, 0) is 30.5 Å². The number of rotatable bonds is 7. The molecule has 1 heterocycles. The van der Waals surface area contributed by atoms with Gasteiger partial charge in [-0.1, -0.05) is 6.07 Å². The predicted molar refractivity (Wildman–Crippen MR) is 109 cm³/mol. The van der Waals surface area contributed by atoms with Gasteiger partial charge in [0, 0.05) is 30.1 Å². The van der Waals surface area contributed by atoms with Gasteiger partial charge in [0.2, 0.25) is 5.91 Å². The Labute approximate surface area is 165 Å². The molecule has 0 spiro atoms. The molecule has 1 aliphatic rings. The Kier molecular flexibility index (Phi) is 6.13. The van der Waals surface area contributed by atoms with Gasteiger partial charge in [-0.3, -0.25) is 4.79 Å². The molecule has 150 valence electrons. The Hall–Kier alpha value is -3.09. The Morgan fingerprint density at radius 1 is 1.14 bits per heavy atom. The highest BCUT2D eigenvalue weighted by Crippen LogP contribution is 2.34. The fourth-order valence-electron chi connectivity index (χ4n) is 3.56. The van der Waals surface area contributed by atoms with Crippen LogP contribution in [0.15, 0.2) is 30.3 Å². The third-order valence-electron chi connectivity index (χ3n) is 5.00. The molecule has 2 aromatic carbocycles. The van der Waals surface area contributed by atoms with Crippen LogP contribution in [0.3, 0.4) is 0 Å². The van der Waals surface area contributed by atoms with E-state index in [4.69, 9.17) is 19.9 Å². The molecule has 2 aromatic rings. The third-order valence-corrected chi connectivity index (χ3v) is 5.00. The summed E-state index contributed by atoms with van der Waals surface area (Å²) in [6.45, 7) is 1.41. The van der Waals surface area contributed by atoms with Gasteiger partial charge in [0.15, 0.2) is 0 Å². The molecule has 0 radical (unpaired) electrons. The first-order chi connectivity index (χ1) is 13.6. The maximum atomic E-state index is 12.6. The highest BCUT2D eigenvalue weighted by Gasteiger charge is 2.21. The van der Waals surface area contributed by atoms with Crippen molar-refractivity contribution in [3.05, 3.63) is 41.5 Å². The average molecular weight is 385 g/mol. The van der Waals surface area contributed by atoms with E-state index in [9.17, 15) is 4.79 Å². The number of nitrogens with one attached hydrogen (secondary N) is 1. The summed E-state index contributed by atoms with van der Waals surface area (Å²) in [4.78, 5) is 14.7. The zero-order valence-electron chi connectivity index (χ0n) is 16.6. The van der Waals surface area contributed by atoms with Crippen LogP contribution in [0.2, 0.25) is 0 Å². The summed E-state index contributed by atoms with van der Waals surface area (Å²) in [7, 11) is 4.74. The van der Waals surface area contributed by atoms with E-state index >= 15 is 0 Å². The molecule has 1 aliphatic heterocycles. The molecule has 7 nitrogen and oxygen atoms in total. The van der Waals surface area contributed by atoms with Crippen molar-refractivity contribution in [2.24, 2.45) is 0 Å². The average Bonchev–Trinajstić information content (AvgIpc) is 2.72. The van der Waals surface area contributed by atoms with Crippen molar-refractivity contribution in [2.45, 2.75) is 19.4 Å². The van der Waals surface area contributed by atoms with Crippen LogP contribution in [-0.2, 0) is 17.8 Å². The standard InChI is InChI=1S/C21H27N3O4/c1-26-14-10-19(27-2)16(20(11-14)28-3)12-23-21(25)13-24-9-5-6-15-17(22)7-4-8-18(15)24/h4,7-8,10-11H,5-6,9,12-13,22H2,1-3H3,(H,23,25). The number of methoxy groups -OCH3 is 3. The molecule has 0 atom stereocenters. The Morgan fingerprint density at radius 3 is 2.50 bits per heavy atom. The smallest absolute Gasteiger partial charge is 0.239 e. The van der Waals surface area contributed by atoms with Crippen LogP contribution in [0.1, 0.15) is 17.5 Å². The van der Waals surface area contributed by atoms with Crippen molar-refractivity contribution in [1.82, 2.24) is 5.32 Å². The summed E-state index contributed by atoms with van der Waals surface area (Å²) in [6, 6.07) is 9.40. The predicted octanol–water partition coefficient (Wildman–Crippen LogP) is 2.36. The van der Waals surface area contributed by atoms with Gasteiger partial charge in [0.05, 0.1) is 40.0 Å². The lowest BCUT2D eigenvalue weighted by Gasteiger charge is -2.31. The molecule has 0 saturated carbocycles. The van der Waals surface area contributed by atoms with Gasteiger partial charge < -0.3 is 30.2 Å². The molecule has 0 fully saturated rings. The van der Waals surface area contributed by atoms with Crippen LogP contribution in [0.25, 0.3) is 0 Å². The lowest BCUT2D eigenvalue weighted by Crippen LogP contribution is -2.39. The summed E-state index contributed by atoms with van der Waals surface area (Å²) in [5.74, 6) is 1.77. The zero-order valence-corrected chi connectivity index (χ0v) is 16.6. The van der Waals surface area contributed by atoms with Crippen molar-refractivity contribution < 1.29 is 19.0 Å². The number of hydrogen-bond acceptors (Lipinski definition) is 6. The molecule has 0 aliphatic carbocycles. The van der Waals surface area contributed by atoms with E-state index in [1.165, 1.54) is 0 Å². The van der Waals surface area contributed by atoms with E-state index < -0.39 is 0 Å². The molecule has 28 heavy (non-hydrogen) atoms. The van der Waals surface area contributed by atoms with Crippen molar-refractivity contribution in [1.29, 1.82) is 0 Å². The van der Waals surface area contributed by atoms with Crippen LogP contribution in [0.5, 0.6) is 17.2 Å². The Balaban J connectivity index is 1.70. The first-order valence-corrected chi connectivity index (χ1v) is 9.25. The summed E-state index contributed by atoms with van der Waals surface area (Å²) in [5, 5.41) is 2.97. The number of carbonyl (C=O) groups excluding carboxylic acids is 1. The minimum atomic E-state index is -0.0739. The monoisotopic (exact) mass is 385 g/mol. The van der Waals surface area contributed by atoms with Crippen molar-refractivity contribution >= 4 is 17.3 Å². The van der Waals surface area contributed by atoms with E-state index in [1.54, 1.807) is 33.5 Å². The van der Waals surface area contributed by atoms with Gasteiger partial charge in [-0.25, -0.2) is 0 Å². The Bertz CT molecular complexity index is 829. The molecule has 3 N–H and O–H groups in total. The van der Waals surface area contributed by atoms with Gasteiger partial charge in [-0.2, -0.15) is 0 Å². The number of hydrogen-bond donors (Lipinski definition) is 2. The largest absolute Gasteiger partial charge is 0.496 e. The molecule has 0 bridgehead atoms. The number of anilines is 2. The highest BCUT2D eigenvalue weighted by molar-refractivity contribution is 5.82. The molecule has 1 amide bonds. The van der Waals surface area contributed by atoms with Crippen LogP contribution in [0.4, 0.5) is 11.4 Å². The second kappa shape index (κ2) is 8.73. The number of amides is 1. The summed E-state index contributed by atoms with van der Waals surface area (Å²) in [6.07, 6.45) is 1.93. The van der Waals surface area contributed by atoms with Crippen LogP contribution >= 0.6 is 0 Å². The summed E-state index contributed by atoms with van der Waals surface area (Å²) in [5.41, 5.74) is 9.81. The quantitative estimate of drug-likeness (QED) is 0.712. The SMILES string of the molecule is COc1cc(OC)c(CNC(=O)CN2CCCc3c(N)cccc32)c(OC)c1. The molecule has 0 unspecified atom stereocenters. The molecule has 7 heteroatoms. The number of benzene rings is 2. The Morgan fingerprint density at radius 2 is 1.86 bits per heavy atom. The number of nitrogen functional groups attached to an aromatic ring is 1. The van der Waals surface area contributed by atoms with E-state index in [1.807, 2.05) is 18.2 Å². The normalized spacial score (nSPS) is 12.9. The maximum absolute atomic E-state index is 12.6. The van der Waals surface area contributed by atoms with Gasteiger partial charge in [0.1, 0.15) is 17.2 Å². The topological polar surface area (TPSA) is 86.1 Å². The lowest BCUT2D eigenvalue weighted by atomic mass is 10.00. The maximum Gasteiger partial charge on any atom is 0.239 e. The number of carbonyl (C=O) groups is 1.